The fourth-order valence-corrected chi connectivity index (χ4v) is 5.38. The molecular formula is C27H23OP. The second-order valence-electron chi connectivity index (χ2n) is 7.39. The minimum absolute atomic E-state index is 0.0483. The summed E-state index contributed by atoms with van der Waals surface area (Å²) in [7, 11) is 0.0483. The van der Waals surface area contributed by atoms with Crippen LogP contribution >= 0.6 is 8.46 Å². The molecule has 4 aromatic carbocycles. The van der Waals surface area contributed by atoms with E-state index < -0.39 is 10.6 Å². The summed E-state index contributed by atoms with van der Waals surface area (Å²) < 4.78 is 13.3. The van der Waals surface area contributed by atoms with Gasteiger partial charge in [-0.15, -0.1) is 0 Å². The van der Waals surface area contributed by atoms with Crippen LogP contribution in [-0.2, 0) is 15.1 Å². The van der Waals surface area contributed by atoms with Crippen molar-refractivity contribution in [3.05, 3.63) is 144 Å². The van der Waals surface area contributed by atoms with E-state index in [9.17, 15) is 4.57 Å². The molecule has 4 rings (SSSR count). The van der Waals surface area contributed by atoms with E-state index in [0.717, 1.165) is 22.3 Å². The molecule has 0 aliphatic carbocycles. The van der Waals surface area contributed by atoms with Crippen molar-refractivity contribution in [1.29, 1.82) is 0 Å². The van der Waals surface area contributed by atoms with Crippen LogP contribution in [0.25, 0.3) is 0 Å². The SMILES string of the molecule is CC(c1ccccc1)(c1ccccc1)C(P=O)(c1ccccc1)c1ccccc1. The lowest BCUT2D eigenvalue weighted by Crippen LogP contribution is -2.45. The molecule has 0 aliphatic rings. The predicted octanol–water partition coefficient (Wildman–Crippen LogP) is 7.23. The van der Waals surface area contributed by atoms with E-state index in [1.54, 1.807) is 0 Å². The van der Waals surface area contributed by atoms with E-state index in [4.69, 9.17) is 0 Å². The molecule has 0 radical (unpaired) electrons. The molecule has 0 bridgehead atoms. The molecule has 2 heteroatoms. The van der Waals surface area contributed by atoms with Gasteiger partial charge in [-0.3, -0.25) is 4.57 Å². The van der Waals surface area contributed by atoms with Crippen LogP contribution in [0.5, 0.6) is 0 Å². The van der Waals surface area contributed by atoms with E-state index in [-0.39, 0.29) is 8.46 Å². The lowest BCUT2D eigenvalue weighted by atomic mass is 9.62. The molecule has 0 heterocycles. The molecule has 0 fully saturated rings. The average Bonchev–Trinajstić information content (AvgIpc) is 2.82. The Morgan fingerprint density at radius 3 is 1.03 bits per heavy atom. The summed E-state index contributed by atoms with van der Waals surface area (Å²) in [4.78, 5) is 0. The van der Waals surface area contributed by atoms with Crippen molar-refractivity contribution in [3.8, 4) is 0 Å². The first-order valence-electron chi connectivity index (χ1n) is 9.80. The Balaban J connectivity index is 2.15. The Hall–Kier alpha value is -3.02. The molecule has 0 saturated carbocycles. The van der Waals surface area contributed by atoms with Gasteiger partial charge in [0.2, 0.25) is 0 Å². The zero-order valence-corrected chi connectivity index (χ0v) is 17.3. The summed E-state index contributed by atoms with van der Waals surface area (Å²) in [6, 6.07) is 41.3. The number of hydrogen-bond acceptors (Lipinski definition) is 1. The highest BCUT2D eigenvalue weighted by Crippen LogP contribution is 2.58. The van der Waals surface area contributed by atoms with Crippen molar-refractivity contribution < 1.29 is 4.57 Å². The van der Waals surface area contributed by atoms with Crippen LogP contribution in [0.1, 0.15) is 29.2 Å². The van der Waals surface area contributed by atoms with Crippen LogP contribution in [0.3, 0.4) is 0 Å². The molecule has 1 nitrogen and oxygen atoms in total. The predicted molar refractivity (Wildman–Crippen MR) is 121 cm³/mol. The van der Waals surface area contributed by atoms with Crippen LogP contribution in [0.15, 0.2) is 121 Å². The first kappa shape index (κ1) is 19.3. The number of rotatable bonds is 6. The van der Waals surface area contributed by atoms with Crippen molar-refractivity contribution in [2.45, 2.75) is 17.5 Å². The molecule has 0 N–H and O–H groups in total. The van der Waals surface area contributed by atoms with Crippen molar-refractivity contribution in [3.63, 3.8) is 0 Å². The molecule has 0 aromatic heterocycles. The number of benzene rings is 4. The van der Waals surface area contributed by atoms with Gasteiger partial charge in [-0.05, 0) is 29.2 Å². The molecule has 142 valence electrons. The van der Waals surface area contributed by atoms with Crippen LogP contribution in [0, 0.1) is 0 Å². The monoisotopic (exact) mass is 394 g/mol. The van der Waals surface area contributed by atoms with Gasteiger partial charge in [-0.2, -0.15) is 0 Å². The maximum absolute atomic E-state index is 13.3. The molecule has 0 aliphatic heterocycles. The molecule has 0 atom stereocenters. The Kier molecular flexibility index (Phi) is 5.43. The van der Waals surface area contributed by atoms with Crippen LogP contribution in [0.4, 0.5) is 0 Å². The molecule has 29 heavy (non-hydrogen) atoms. The first-order valence-corrected chi connectivity index (χ1v) is 10.6. The van der Waals surface area contributed by atoms with Crippen LogP contribution in [-0.4, -0.2) is 0 Å². The van der Waals surface area contributed by atoms with Gasteiger partial charge in [0.15, 0.2) is 8.46 Å². The van der Waals surface area contributed by atoms with Crippen LogP contribution in [0.2, 0.25) is 0 Å². The molecule has 4 aromatic rings. The summed E-state index contributed by atoms with van der Waals surface area (Å²) >= 11 is 0. The first-order chi connectivity index (χ1) is 14.2. The third-order valence-corrected chi connectivity index (χ3v) is 7.18. The lowest BCUT2D eigenvalue weighted by molar-refractivity contribution is 0.437. The van der Waals surface area contributed by atoms with Gasteiger partial charge in [0.1, 0.15) is 5.16 Å². The van der Waals surface area contributed by atoms with Gasteiger partial charge in [0, 0.05) is 5.41 Å². The van der Waals surface area contributed by atoms with Gasteiger partial charge >= 0.3 is 0 Å². The summed E-state index contributed by atoms with van der Waals surface area (Å²) in [6.45, 7) is 2.21. The zero-order valence-electron chi connectivity index (χ0n) is 16.4. The molecule has 0 unspecified atom stereocenters. The minimum atomic E-state index is -0.793. The standard InChI is InChI=1S/C27H23OP/c1-26(22-14-6-2-7-15-22,23-16-8-3-9-17-23)27(29-28,24-18-10-4-11-19-24)25-20-12-5-13-21-25/h2-21H,1H3. The highest BCUT2D eigenvalue weighted by Gasteiger charge is 2.53. The molecule has 0 saturated heterocycles. The Bertz CT molecular complexity index is 982. The van der Waals surface area contributed by atoms with E-state index in [0.29, 0.717) is 0 Å². The normalized spacial score (nSPS) is 12.0. The fraction of sp³-hybridized carbons (Fsp3) is 0.111. The largest absolute Gasteiger partial charge is 0.274 e. The second kappa shape index (κ2) is 8.15. The quantitative estimate of drug-likeness (QED) is 0.315. The smallest absolute Gasteiger partial charge is 0.173 e. The Labute approximate surface area is 174 Å². The number of hydrogen-bond donors (Lipinski definition) is 0. The highest BCUT2D eigenvalue weighted by molar-refractivity contribution is 7.26. The maximum Gasteiger partial charge on any atom is 0.173 e. The van der Waals surface area contributed by atoms with Gasteiger partial charge in [-0.25, -0.2) is 0 Å². The van der Waals surface area contributed by atoms with E-state index in [1.165, 1.54) is 0 Å². The second-order valence-corrected chi connectivity index (χ2v) is 8.24. The van der Waals surface area contributed by atoms with E-state index in [2.05, 4.69) is 79.7 Å². The Morgan fingerprint density at radius 1 is 0.483 bits per heavy atom. The van der Waals surface area contributed by atoms with Gasteiger partial charge in [0.05, 0.1) is 0 Å². The third kappa shape index (κ3) is 3.12. The molecular weight excluding hydrogens is 371 g/mol. The summed E-state index contributed by atoms with van der Waals surface area (Å²) in [6.07, 6.45) is 0. The van der Waals surface area contributed by atoms with Gasteiger partial charge < -0.3 is 0 Å². The minimum Gasteiger partial charge on any atom is -0.274 e. The van der Waals surface area contributed by atoms with Gasteiger partial charge in [0.25, 0.3) is 0 Å². The van der Waals surface area contributed by atoms with E-state index in [1.807, 2.05) is 48.5 Å². The third-order valence-electron chi connectivity index (χ3n) is 5.95. The maximum atomic E-state index is 13.3. The topological polar surface area (TPSA) is 17.1 Å². The van der Waals surface area contributed by atoms with E-state index >= 15 is 0 Å². The molecule has 0 spiro atoms. The summed E-state index contributed by atoms with van der Waals surface area (Å²) in [5, 5.41) is -0.793. The van der Waals surface area contributed by atoms with Crippen LogP contribution < -0.4 is 0 Å². The van der Waals surface area contributed by atoms with Gasteiger partial charge in [-0.1, -0.05) is 121 Å². The van der Waals surface area contributed by atoms with Crippen molar-refractivity contribution in [2.24, 2.45) is 0 Å². The zero-order chi connectivity index (χ0) is 20.2. The van der Waals surface area contributed by atoms with Crippen molar-refractivity contribution >= 4 is 8.46 Å². The molecule has 0 amide bonds. The lowest BCUT2D eigenvalue weighted by Gasteiger charge is -2.46. The van der Waals surface area contributed by atoms with Crippen molar-refractivity contribution in [1.82, 2.24) is 0 Å². The average molecular weight is 394 g/mol. The summed E-state index contributed by atoms with van der Waals surface area (Å²) in [5.74, 6) is 0. The Morgan fingerprint density at radius 2 is 0.759 bits per heavy atom. The fourth-order valence-electron chi connectivity index (χ4n) is 4.43. The van der Waals surface area contributed by atoms with Crippen molar-refractivity contribution in [2.75, 3.05) is 0 Å². The summed E-state index contributed by atoms with van der Waals surface area (Å²) in [5.41, 5.74) is 3.74. The highest BCUT2D eigenvalue weighted by atomic mass is 31.1.